The van der Waals surface area contributed by atoms with Gasteiger partial charge >= 0.3 is 0 Å². The number of hydrogen-bond donors (Lipinski definition) is 1. The zero-order valence-corrected chi connectivity index (χ0v) is 16.2. The molecule has 2 heterocycles. The Bertz CT molecular complexity index is 1060. The summed E-state index contributed by atoms with van der Waals surface area (Å²) in [6.45, 7) is 1.37. The van der Waals surface area contributed by atoms with Crippen molar-refractivity contribution in [2.75, 3.05) is 20.8 Å². The standard InChI is InChI=1S/C23H24N2O3/c1-27-20-11-15-7-10-25(14-16(15)12-21(20)28-2)22(26)23(8-9-23)18-13-24-19-6-4-3-5-17(18)19/h3-6,11-13,24H,7-10,14H2,1-2H3. The molecule has 0 radical (unpaired) electrons. The first-order valence-electron chi connectivity index (χ1n) is 9.76. The summed E-state index contributed by atoms with van der Waals surface area (Å²) in [6, 6.07) is 12.3. The molecular weight excluding hydrogens is 352 g/mol. The van der Waals surface area contributed by atoms with Crippen molar-refractivity contribution in [2.24, 2.45) is 0 Å². The topological polar surface area (TPSA) is 54.6 Å². The third kappa shape index (κ3) is 2.49. The number of fused-ring (bicyclic) bond motifs is 2. The monoisotopic (exact) mass is 376 g/mol. The van der Waals surface area contributed by atoms with E-state index >= 15 is 0 Å². The van der Waals surface area contributed by atoms with E-state index in [4.69, 9.17) is 9.47 Å². The maximum absolute atomic E-state index is 13.6. The number of hydrogen-bond acceptors (Lipinski definition) is 3. The molecule has 1 aliphatic carbocycles. The van der Waals surface area contributed by atoms with Gasteiger partial charge in [-0.15, -0.1) is 0 Å². The summed E-state index contributed by atoms with van der Waals surface area (Å²) < 4.78 is 10.9. The van der Waals surface area contributed by atoms with Crippen molar-refractivity contribution in [2.45, 2.75) is 31.2 Å². The van der Waals surface area contributed by atoms with Crippen molar-refractivity contribution in [3.63, 3.8) is 0 Å². The highest BCUT2D eigenvalue weighted by molar-refractivity contribution is 5.97. The molecule has 1 saturated carbocycles. The Morgan fingerprint density at radius 2 is 1.79 bits per heavy atom. The largest absolute Gasteiger partial charge is 0.493 e. The van der Waals surface area contributed by atoms with Crippen molar-refractivity contribution in [1.29, 1.82) is 0 Å². The van der Waals surface area contributed by atoms with Gasteiger partial charge in [-0.2, -0.15) is 0 Å². The highest BCUT2D eigenvalue weighted by Gasteiger charge is 2.54. The Morgan fingerprint density at radius 3 is 2.50 bits per heavy atom. The molecule has 2 aliphatic rings. The van der Waals surface area contributed by atoms with Crippen LogP contribution in [0, 0.1) is 0 Å². The summed E-state index contributed by atoms with van der Waals surface area (Å²) in [4.78, 5) is 18.9. The number of methoxy groups -OCH3 is 2. The number of H-pyrrole nitrogens is 1. The summed E-state index contributed by atoms with van der Waals surface area (Å²) >= 11 is 0. The van der Waals surface area contributed by atoms with E-state index in [0.717, 1.165) is 53.6 Å². The number of ether oxygens (including phenoxy) is 2. The lowest BCUT2D eigenvalue weighted by atomic mass is 9.91. The number of benzene rings is 2. The molecule has 5 rings (SSSR count). The van der Waals surface area contributed by atoms with Crippen LogP contribution < -0.4 is 9.47 Å². The molecule has 1 fully saturated rings. The van der Waals surface area contributed by atoms with Crippen LogP contribution in [0.3, 0.4) is 0 Å². The van der Waals surface area contributed by atoms with Crippen LogP contribution in [0.4, 0.5) is 0 Å². The van der Waals surface area contributed by atoms with Gasteiger partial charge in [0, 0.05) is 30.2 Å². The Morgan fingerprint density at radius 1 is 1.07 bits per heavy atom. The van der Waals surface area contributed by atoms with Crippen molar-refractivity contribution in [3.8, 4) is 11.5 Å². The van der Waals surface area contributed by atoms with Crippen molar-refractivity contribution < 1.29 is 14.3 Å². The maximum Gasteiger partial charge on any atom is 0.233 e. The van der Waals surface area contributed by atoms with Crippen molar-refractivity contribution in [3.05, 3.63) is 59.3 Å². The summed E-state index contributed by atoms with van der Waals surface area (Å²) in [5, 5.41) is 1.16. The number of aromatic nitrogens is 1. The van der Waals surface area contributed by atoms with E-state index in [-0.39, 0.29) is 11.3 Å². The normalized spacial score (nSPS) is 17.3. The van der Waals surface area contributed by atoms with Crippen LogP contribution in [0.2, 0.25) is 0 Å². The number of carbonyl (C=O) groups is 1. The van der Waals surface area contributed by atoms with E-state index in [1.807, 2.05) is 35.4 Å². The van der Waals surface area contributed by atoms with Gasteiger partial charge in [-0.3, -0.25) is 4.79 Å². The summed E-state index contributed by atoms with van der Waals surface area (Å²) in [5.41, 5.74) is 4.25. The van der Waals surface area contributed by atoms with E-state index in [9.17, 15) is 4.79 Å². The molecule has 0 unspecified atom stereocenters. The quantitative estimate of drug-likeness (QED) is 0.754. The first-order valence-corrected chi connectivity index (χ1v) is 9.76. The lowest BCUT2D eigenvalue weighted by Crippen LogP contribution is -2.42. The number of nitrogens with one attached hydrogen (secondary N) is 1. The zero-order valence-electron chi connectivity index (χ0n) is 16.2. The van der Waals surface area contributed by atoms with Gasteiger partial charge in [-0.05, 0) is 54.2 Å². The second kappa shape index (κ2) is 6.30. The molecule has 3 aromatic rings. The highest BCUT2D eigenvalue weighted by Crippen LogP contribution is 2.52. The average molecular weight is 376 g/mol. The minimum atomic E-state index is -0.367. The van der Waals surface area contributed by atoms with Crippen LogP contribution in [-0.2, 0) is 23.2 Å². The van der Waals surface area contributed by atoms with Crippen molar-refractivity contribution >= 4 is 16.8 Å². The number of amides is 1. The van der Waals surface area contributed by atoms with Gasteiger partial charge in [0.25, 0.3) is 0 Å². The fourth-order valence-electron chi connectivity index (χ4n) is 4.55. The predicted molar refractivity (Wildman–Crippen MR) is 108 cm³/mol. The first-order chi connectivity index (χ1) is 13.7. The summed E-state index contributed by atoms with van der Waals surface area (Å²) in [7, 11) is 3.30. The molecule has 0 bridgehead atoms. The Labute approximate surface area is 164 Å². The fourth-order valence-corrected chi connectivity index (χ4v) is 4.55. The maximum atomic E-state index is 13.6. The van der Waals surface area contributed by atoms with Crippen LogP contribution in [-0.4, -0.2) is 36.6 Å². The second-order valence-electron chi connectivity index (χ2n) is 7.78. The molecular formula is C23H24N2O3. The predicted octanol–water partition coefficient (Wildman–Crippen LogP) is 3.80. The number of carbonyl (C=O) groups excluding carboxylic acids is 1. The van der Waals surface area contributed by atoms with E-state index in [0.29, 0.717) is 12.3 Å². The smallest absolute Gasteiger partial charge is 0.233 e. The van der Waals surface area contributed by atoms with E-state index in [1.54, 1.807) is 14.2 Å². The molecule has 5 nitrogen and oxygen atoms in total. The van der Waals surface area contributed by atoms with Crippen LogP contribution in [0.15, 0.2) is 42.6 Å². The number of rotatable bonds is 4. The number of aromatic amines is 1. The van der Waals surface area contributed by atoms with Crippen LogP contribution in [0.1, 0.15) is 29.5 Å². The Kier molecular flexibility index (Phi) is 3.86. The first kappa shape index (κ1) is 17.2. The summed E-state index contributed by atoms with van der Waals surface area (Å²) in [5.74, 6) is 1.71. The highest BCUT2D eigenvalue weighted by atomic mass is 16.5. The van der Waals surface area contributed by atoms with E-state index in [1.165, 1.54) is 5.56 Å². The Hall–Kier alpha value is -2.95. The molecule has 144 valence electrons. The average Bonchev–Trinajstić information content (AvgIpc) is 3.43. The van der Waals surface area contributed by atoms with Gasteiger partial charge < -0.3 is 19.4 Å². The molecule has 2 aromatic carbocycles. The van der Waals surface area contributed by atoms with Gasteiger partial charge in [0.15, 0.2) is 11.5 Å². The molecule has 5 heteroatoms. The molecule has 1 aromatic heterocycles. The van der Waals surface area contributed by atoms with Gasteiger partial charge in [0.05, 0.1) is 19.6 Å². The zero-order chi connectivity index (χ0) is 19.3. The molecule has 1 aliphatic heterocycles. The fraction of sp³-hybridized carbons (Fsp3) is 0.348. The van der Waals surface area contributed by atoms with Crippen molar-refractivity contribution in [1.82, 2.24) is 9.88 Å². The van der Waals surface area contributed by atoms with Gasteiger partial charge in [-0.1, -0.05) is 18.2 Å². The van der Waals surface area contributed by atoms with Gasteiger partial charge in [0.1, 0.15) is 0 Å². The third-order valence-electron chi connectivity index (χ3n) is 6.27. The molecule has 28 heavy (non-hydrogen) atoms. The number of para-hydroxylation sites is 1. The minimum absolute atomic E-state index is 0.248. The lowest BCUT2D eigenvalue weighted by molar-refractivity contribution is -0.134. The Balaban J connectivity index is 1.45. The van der Waals surface area contributed by atoms with E-state index < -0.39 is 0 Å². The lowest BCUT2D eigenvalue weighted by Gasteiger charge is -2.32. The van der Waals surface area contributed by atoms with Gasteiger partial charge in [0.2, 0.25) is 5.91 Å². The minimum Gasteiger partial charge on any atom is -0.493 e. The molecule has 0 saturated heterocycles. The number of nitrogens with zero attached hydrogens (tertiary/aromatic N) is 1. The van der Waals surface area contributed by atoms with Crippen LogP contribution in [0.5, 0.6) is 11.5 Å². The van der Waals surface area contributed by atoms with Crippen LogP contribution >= 0.6 is 0 Å². The molecule has 1 N–H and O–H groups in total. The SMILES string of the molecule is COc1cc2c(cc1OC)CN(C(=O)C1(c3c[nH]c4ccccc34)CC1)CC2. The summed E-state index contributed by atoms with van der Waals surface area (Å²) in [6.07, 6.45) is 4.71. The van der Waals surface area contributed by atoms with Crippen LogP contribution in [0.25, 0.3) is 10.9 Å². The third-order valence-corrected chi connectivity index (χ3v) is 6.27. The van der Waals surface area contributed by atoms with Gasteiger partial charge in [-0.25, -0.2) is 0 Å². The molecule has 0 spiro atoms. The molecule has 0 atom stereocenters. The molecule has 1 amide bonds. The van der Waals surface area contributed by atoms with E-state index in [2.05, 4.69) is 17.1 Å². The second-order valence-corrected chi connectivity index (χ2v) is 7.78.